The van der Waals surface area contributed by atoms with Gasteiger partial charge in [0.25, 0.3) is 0 Å². The van der Waals surface area contributed by atoms with Crippen molar-refractivity contribution in [3.63, 3.8) is 0 Å². The molecule has 4 aliphatic rings. The zero-order valence-electron chi connectivity index (χ0n) is 25.1. The van der Waals surface area contributed by atoms with Crippen LogP contribution >= 0.6 is 15.8 Å². The molecular formula is C36H44P2. The number of hydrogen-bond acceptors (Lipinski definition) is 0. The summed E-state index contributed by atoms with van der Waals surface area (Å²) >= 11 is 0. The van der Waals surface area contributed by atoms with E-state index < -0.39 is 0 Å². The van der Waals surface area contributed by atoms with Crippen molar-refractivity contribution in [2.24, 2.45) is 21.7 Å². The third kappa shape index (κ3) is 3.49. The van der Waals surface area contributed by atoms with Crippen molar-refractivity contribution in [1.82, 2.24) is 0 Å². The summed E-state index contributed by atoms with van der Waals surface area (Å²) < 4.78 is 0. The van der Waals surface area contributed by atoms with Crippen molar-refractivity contribution in [2.75, 3.05) is 12.3 Å². The van der Waals surface area contributed by atoms with Crippen LogP contribution in [-0.4, -0.2) is 12.3 Å². The van der Waals surface area contributed by atoms with E-state index in [9.17, 15) is 0 Å². The Balaban J connectivity index is 1.56. The molecule has 4 atom stereocenters. The second-order valence-corrected chi connectivity index (χ2v) is 18.6. The second-order valence-electron chi connectivity index (χ2n) is 14.5. The van der Waals surface area contributed by atoms with Crippen molar-refractivity contribution < 1.29 is 0 Å². The third-order valence-corrected chi connectivity index (χ3v) is 16.9. The minimum Gasteiger partial charge on any atom is -0.0622 e. The fraction of sp³-hybridized carbons (Fsp3) is 0.444. The van der Waals surface area contributed by atoms with Crippen molar-refractivity contribution in [3.8, 4) is 0 Å². The zero-order chi connectivity index (χ0) is 27.4. The van der Waals surface area contributed by atoms with E-state index in [4.69, 9.17) is 0 Å². The molecule has 0 fully saturated rings. The molecule has 6 rings (SSSR count). The minimum absolute atomic E-state index is 0.144. The Kier molecular flexibility index (Phi) is 5.84. The van der Waals surface area contributed by atoms with Gasteiger partial charge < -0.3 is 0 Å². The Morgan fingerprint density at radius 1 is 0.553 bits per heavy atom. The maximum atomic E-state index is 2.57. The molecule has 38 heavy (non-hydrogen) atoms. The summed E-state index contributed by atoms with van der Waals surface area (Å²) in [7, 11) is -0.670. The van der Waals surface area contributed by atoms with Gasteiger partial charge >= 0.3 is 0 Å². The monoisotopic (exact) mass is 538 g/mol. The molecule has 4 unspecified atom stereocenters. The fourth-order valence-corrected chi connectivity index (χ4v) is 16.9. The van der Waals surface area contributed by atoms with Gasteiger partial charge in [0.15, 0.2) is 0 Å². The maximum Gasteiger partial charge on any atom is 0.0195 e. The van der Waals surface area contributed by atoms with E-state index in [2.05, 4.69) is 130 Å². The molecule has 4 aliphatic heterocycles. The number of benzene rings is 2. The van der Waals surface area contributed by atoms with Gasteiger partial charge in [0.05, 0.1) is 0 Å². The largest absolute Gasteiger partial charge is 0.0622 e. The van der Waals surface area contributed by atoms with Crippen LogP contribution in [0.2, 0.25) is 0 Å². The third-order valence-electron chi connectivity index (χ3n) is 9.74. The average molecular weight is 539 g/mol. The smallest absolute Gasteiger partial charge is 0.0195 e. The predicted molar refractivity (Wildman–Crippen MR) is 171 cm³/mol. The van der Waals surface area contributed by atoms with Crippen LogP contribution in [0.3, 0.4) is 0 Å². The van der Waals surface area contributed by atoms with Gasteiger partial charge in [-0.2, -0.15) is 0 Å². The Morgan fingerprint density at radius 3 is 1.16 bits per heavy atom. The summed E-state index contributed by atoms with van der Waals surface area (Å²) in [5, 5.41) is 7.12. The van der Waals surface area contributed by atoms with Crippen LogP contribution in [0.15, 0.2) is 93.1 Å². The number of fused-ring (bicyclic) bond motifs is 4. The highest BCUT2D eigenvalue weighted by Crippen LogP contribution is 2.87. The van der Waals surface area contributed by atoms with Gasteiger partial charge in [0, 0.05) is 10.8 Å². The highest BCUT2D eigenvalue weighted by molar-refractivity contribution is 7.73. The predicted octanol–water partition coefficient (Wildman–Crippen LogP) is 11.5. The van der Waals surface area contributed by atoms with E-state index >= 15 is 0 Å². The average Bonchev–Trinajstić information content (AvgIpc) is 3.50. The summed E-state index contributed by atoms with van der Waals surface area (Å²) in [5.41, 5.74) is 10.2. The zero-order valence-corrected chi connectivity index (χ0v) is 26.9. The van der Waals surface area contributed by atoms with Crippen LogP contribution in [0.1, 0.15) is 80.4 Å². The molecule has 0 N–H and O–H groups in total. The first-order chi connectivity index (χ1) is 17.7. The lowest BCUT2D eigenvalue weighted by Gasteiger charge is -2.40. The normalized spacial score (nSPS) is 31.0. The molecule has 0 radical (unpaired) electrons. The lowest BCUT2D eigenvalue weighted by atomic mass is 9.70. The first kappa shape index (κ1) is 26.5. The van der Waals surface area contributed by atoms with Gasteiger partial charge in [-0.15, -0.1) is 0 Å². The van der Waals surface area contributed by atoms with Crippen molar-refractivity contribution in [2.45, 2.75) is 69.2 Å². The van der Waals surface area contributed by atoms with E-state index in [-0.39, 0.29) is 37.5 Å². The lowest BCUT2D eigenvalue weighted by molar-refractivity contribution is 0.524. The highest BCUT2D eigenvalue weighted by atomic mass is 31.1. The Bertz CT molecular complexity index is 1340. The summed E-state index contributed by atoms with van der Waals surface area (Å²) in [6.07, 6.45) is 2.61. The van der Waals surface area contributed by atoms with Gasteiger partial charge in [-0.3, -0.25) is 0 Å². The SMILES string of the molecule is CC1=C(C2=C(C)C3(C)CP2C(C(C)(C)C)=C3c2ccccc2)P2CC1(C)C(c1ccccc1)=C2C(C)(C)C. The van der Waals surface area contributed by atoms with Crippen LogP contribution in [0.25, 0.3) is 11.1 Å². The molecule has 0 aliphatic carbocycles. The van der Waals surface area contributed by atoms with Gasteiger partial charge in [-0.25, -0.2) is 0 Å². The van der Waals surface area contributed by atoms with Crippen LogP contribution in [0.5, 0.6) is 0 Å². The molecule has 4 heterocycles. The topological polar surface area (TPSA) is 0 Å². The quantitative estimate of drug-likeness (QED) is 0.341. The summed E-state index contributed by atoms with van der Waals surface area (Å²) in [6, 6.07) is 22.7. The van der Waals surface area contributed by atoms with E-state index in [1.165, 1.54) is 23.5 Å². The Hall–Kier alpha value is -1.74. The lowest BCUT2D eigenvalue weighted by Crippen LogP contribution is -2.23. The van der Waals surface area contributed by atoms with Crippen molar-refractivity contribution in [3.05, 3.63) is 104 Å². The molecule has 0 spiro atoms. The molecule has 0 saturated carbocycles. The molecular weight excluding hydrogens is 494 g/mol. The van der Waals surface area contributed by atoms with E-state index in [1.807, 2.05) is 0 Å². The van der Waals surface area contributed by atoms with E-state index in [0.29, 0.717) is 0 Å². The van der Waals surface area contributed by atoms with Crippen molar-refractivity contribution >= 4 is 27.0 Å². The summed E-state index contributed by atoms with van der Waals surface area (Å²) in [6.45, 7) is 24.9. The first-order valence-electron chi connectivity index (χ1n) is 14.3. The van der Waals surface area contributed by atoms with Gasteiger partial charge in [0.2, 0.25) is 0 Å². The van der Waals surface area contributed by atoms with Gasteiger partial charge in [-0.05, 0) is 96.4 Å². The molecule has 0 nitrogen and oxygen atoms in total. The molecule has 4 bridgehead atoms. The maximum absolute atomic E-state index is 2.57. The van der Waals surface area contributed by atoms with Gasteiger partial charge in [0.1, 0.15) is 0 Å². The van der Waals surface area contributed by atoms with Crippen molar-refractivity contribution in [1.29, 1.82) is 0 Å². The van der Waals surface area contributed by atoms with Crippen LogP contribution in [0, 0.1) is 21.7 Å². The van der Waals surface area contributed by atoms with E-state index in [1.54, 1.807) is 43.5 Å². The molecule has 2 heteroatoms. The molecule has 0 saturated heterocycles. The molecule has 0 amide bonds. The Morgan fingerprint density at radius 2 is 0.868 bits per heavy atom. The molecule has 0 aromatic heterocycles. The minimum atomic E-state index is -0.335. The second kappa shape index (κ2) is 8.38. The first-order valence-corrected chi connectivity index (χ1v) is 17.4. The van der Waals surface area contributed by atoms with Gasteiger partial charge in [-0.1, -0.05) is 127 Å². The Labute approximate surface area is 233 Å². The molecule has 198 valence electrons. The number of hydrogen-bond donors (Lipinski definition) is 0. The van der Waals surface area contributed by atoms with E-state index in [0.717, 1.165) is 0 Å². The standard InChI is InChI=1S/C36H44P2/c1-23-29(37-21-35(23,9)27(31(37)33(3,4)5)25-17-13-11-14-18-25)30-24(2)36(10)22-38(30)32(34(6,7)8)28(36)26-19-15-12-16-20-26/h11-20H,21-22H2,1-10H3. The molecule has 2 aromatic rings. The highest BCUT2D eigenvalue weighted by Gasteiger charge is 2.60. The summed E-state index contributed by atoms with van der Waals surface area (Å²) in [5.74, 6) is 0. The fourth-order valence-electron chi connectivity index (χ4n) is 7.95. The van der Waals surface area contributed by atoms with Crippen LogP contribution in [0.4, 0.5) is 0 Å². The number of rotatable bonds is 3. The summed E-state index contributed by atoms with van der Waals surface area (Å²) in [4.78, 5) is 0. The van der Waals surface area contributed by atoms with Crippen LogP contribution < -0.4 is 0 Å². The molecule has 2 aromatic carbocycles. The number of allylic oxidation sites excluding steroid dienone is 8. The van der Waals surface area contributed by atoms with Crippen LogP contribution in [-0.2, 0) is 0 Å².